The van der Waals surface area contributed by atoms with E-state index in [2.05, 4.69) is 15.6 Å². The molecule has 0 unspecified atom stereocenters. The number of thioether (sulfide) groups is 1. The molecule has 0 atom stereocenters. The molecule has 0 aliphatic carbocycles. The lowest BCUT2D eigenvalue weighted by Crippen LogP contribution is -2.41. The lowest BCUT2D eigenvalue weighted by molar-refractivity contribution is -0.117. The molecule has 2 aromatic carbocycles. The van der Waals surface area contributed by atoms with Crippen LogP contribution in [0.5, 0.6) is 0 Å². The van der Waals surface area contributed by atoms with Crippen LogP contribution in [-0.2, 0) is 9.53 Å². The van der Waals surface area contributed by atoms with Crippen molar-refractivity contribution in [1.29, 1.82) is 0 Å². The van der Waals surface area contributed by atoms with E-state index in [-0.39, 0.29) is 11.3 Å². The van der Waals surface area contributed by atoms with Crippen molar-refractivity contribution < 1.29 is 14.3 Å². The van der Waals surface area contributed by atoms with Gasteiger partial charge in [0.15, 0.2) is 5.16 Å². The number of benzene rings is 2. The molecule has 0 saturated carbocycles. The standard InChI is InChI=1S/C21H22N4O4S/c1-14-7-9-15(10-8-14)25-19(27)16-5-3-4-6-17(16)23-21(25)30-13-18(26)24-20(28)22-11-12-29-2/h3-10H,11-13H2,1-2H3,(H2,22,24,26,28). The fourth-order valence-electron chi connectivity index (χ4n) is 2.73. The predicted molar refractivity (Wildman–Crippen MR) is 116 cm³/mol. The molecule has 2 N–H and O–H groups in total. The molecule has 0 aliphatic heterocycles. The molecular formula is C21H22N4O4S. The number of aromatic nitrogens is 2. The van der Waals surface area contributed by atoms with Crippen LogP contribution in [0.3, 0.4) is 0 Å². The van der Waals surface area contributed by atoms with E-state index in [0.717, 1.165) is 17.3 Å². The Labute approximate surface area is 177 Å². The summed E-state index contributed by atoms with van der Waals surface area (Å²) in [6.45, 7) is 2.60. The van der Waals surface area contributed by atoms with Gasteiger partial charge >= 0.3 is 6.03 Å². The van der Waals surface area contributed by atoms with E-state index in [4.69, 9.17) is 4.74 Å². The Morgan fingerprint density at radius 3 is 2.60 bits per heavy atom. The SMILES string of the molecule is COCCNC(=O)NC(=O)CSc1nc2ccccc2c(=O)n1-c1ccc(C)cc1. The minimum atomic E-state index is -0.597. The Hall–Kier alpha value is -3.17. The predicted octanol–water partition coefficient (Wildman–Crippen LogP) is 2.26. The van der Waals surface area contributed by atoms with E-state index >= 15 is 0 Å². The molecular weight excluding hydrogens is 404 g/mol. The van der Waals surface area contributed by atoms with Crippen molar-refractivity contribution in [1.82, 2.24) is 20.2 Å². The van der Waals surface area contributed by atoms with E-state index in [9.17, 15) is 14.4 Å². The summed E-state index contributed by atoms with van der Waals surface area (Å²) in [6.07, 6.45) is 0. The molecule has 1 heterocycles. The first kappa shape index (κ1) is 21.5. The monoisotopic (exact) mass is 426 g/mol. The molecule has 0 radical (unpaired) electrons. The first-order valence-electron chi connectivity index (χ1n) is 9.28. The molecule has 156 valence electrons. The smallest absolute Gasteiger partial charge is 0.321 e. The summed E-state index contributed by atoms with van der Waals surface area (Å²) in [6, 6.07) is 13.9. The van der Waals surface area contributed by atoms with Gasteiger partial charge in [-0.3, -0.25) is 19.5 Å². The molecule has 0 spiro atoms. The summed E-state index contributed by atoms with van der Waals surface area (Å²) < 4.78 is 6.32. The van der Waals surface area contributed by atoms with Crippen LogP contribution in [0.4, 0.5) is 4.79 Å². The third kappa shape index (κ3) is 5.25. The minimum Gasteiger partial charge on any atom is -0.383 e. The van der Waals surface area contributed by atoms with Gasteiger partial charge in [0.05, 0.1) is 29.0 Å². The van der Waals surface area contributed by atoms with Crippen LogP contribution in [0.1, 0.15) is 5.56 Å². The van der Waals surface area contributed by atoms with Gasteiger partial charge < -0.3 is 10.1 Å². The van der Waals surface area contributed by atoms with Crippen molar-refractivity contribution in [3.05, 3.63) is 64.4 Å². The number of aryl methyl sites for hydroxylation is 1. The highest BCUT2D eigenvalue weighted by Crippen LogP contribution is 2.21. The van der Waals surface area contributed by atoms with E-state index in [1.54, 1.807) is 24.3 Å². The van der Waals surface area contributed by atoms with Gasteiger partial charge in [-0.2, -0.15) is 0 Å². The van der Waals surface area contributed by atoms with Crippen LogP contribution in [0.25, 0.3) is 16.6 Å². The van der Waals surface area contributed by atoms with Gasteiger partial charge in [-0.05, 0) is 31.2 Å². The maximum absolute atomic E-state index is 13.1. The summed E-state index contributed by atoms with van der Waals surface area (Å²) in [7, 11) is 1.52. The molecule has 0 fully saturated rings. The fourth-order valence-corrected chi connectivity index (χ4v) is 3.55. The van der Waals surface area contributed by atoms with Crippen molar-refractivity contribution in [2.75, 3.05) is 26.0 Å². The van der Waals surface area contributed by atoms with Gasteiger partial charge in [-0.1, -0.05) is 41.6 Å². The summed E-state index contributed by atoms with van der Waals surface area (Å²) >= 11 is 1.09. The van der Waals surface area contributed by atoms with Crippen LogP contribution in [0.2, 0.25) is 0 Å². The Bertz CT molecular complexity index is 1110. The van der Waals surface area contributed by atoms with E-state index in [1.807, 2.05) is 31.2 Å². The van der Waals surface area contributed by atoms with Crippen molar-refractivity contribution in [3.63, 3.8) is 0 Å². The van der Waals surface area contributed by atoms with Crippen LogP contribution in [0.15, 0.2) is 58.5 Å². The van der Waals surface area contributed by atoms with Crippen LogP contribution in [-0.4, -0.2) is 47.5 Å². The average molecular weight is 426 g/mol. The first-order chi connectivity index (χ1) is 14.5. The van der Waals surface area contributed by atoms with Crippen molar-refractivity contribution >= 4 is 34.6 Å². The number of para-hydroxylation sites is 1. The Morgan fingerprint density at radius 2 is 1.87 bits per heavy atom. The number of rotatable bonds is 7. The number of nitrogens with zero attached hydrogens (tertiary/aromatic N) is 2. The number of methoxy groups -OCH3 is 1. The number of ether oxygens (including phenoxy) is 1. The lowest BCUT2D eigenvalue weighted by Gasteiger charge is -2.13. The molecule has 9 heteroatoms. The molecule has 0 aliphatic rings. The van der Waals surface area contributed by atoms with Gasteiger partial charge in [0, 0.05) is 13.7 Å². The molecule has 3 rings (SSSR count). The minimum absolute atomic E-state index is 0.0751. The Morgan fingerprint density at radius 1 is 1.13 bits per heavy atom. The quantitative estimate of drug-likeness (QED) is 0.341. The fraction of sp³-hybridized carbons (Fsp3) is 0.238. The van der Waals surface area contributed by atoms with Crippen molar-refractivity contribution in [3.8, 4) is 5.69 Å². The van der Waals surface area contributed by atoms with Gasteiger partial charge in [0.25, 0.3) is 5.56 Å². The zero-order chi connectivity index (χ0) is 21.5. The van der Waals surface area contributed by atoms with E-state index in [0.29, 0.717) is 34.9 Å². The van der Waals surface area contributed by atoms with Crippen LogP contribution < -0.4 is 16.2 Å². The molecule has 8 nitrogen and oxygen atoms in total. The van der Waals surface area contributed by atoms with Gasteiger partial charge in [-0.15, -0.1) is 0 Å². The van der Waals surface area contributed by atoms with Crippen molar-refractivity contribution in [2.24, 2.45) is 0 Å². The number of imide groups is 1. The number of urea groups is 1. The third-order valence-electron chi connectivity index (χ3n) is 4.21. The molecule has 3 aromatic rings. The highest BCUT2D eigenvalue weighted by atomic mass is 32.2. The Kier molecular flexibility index (Phi) is 7.21. The van der Waals surface area contributed by atoms with Gasteiger partial charge in [0.2, 0.25) is 5.91 Å². The second-order valence-electron chi connectivity index (χ2n) is 6.47. The van der Waals surface area contributed by atoms with E-state index < -0.39 is 11.9 Å². The first-order valence-corrected chi connectivity index (χ1v) is 10.3. The largest absolute Gasteiger partial charge is 0.383 e. The molecule has 1 aromatic heterocycles. The molecule has 30 heavy (non-hydrogen) atoms. The number of nitrogens with one attached hydrogen (secondary N) is 2. The van der Waals surface area contributed by atoms with Crippen LogP contribution in [0, 0.1) is 6.92 Å². The summed E-state index contributed by atoms with van der Waals surface area (Å²) in [5, 5.41) is 5.62. The maximum Gasteiger partial charge on any atom is 0.321 e. The zero-order valence-corrected chi connectivity index (χ0v) is 17.5. The Balaban J connectivity index is 1.84. The average Bonchev–Trinajstić information content (AvgIpc) is 2.73. The summed E-state index contributed by atoms with van der Waals surface area (Å²) in [5.74, 6) is -0.568. The number of carbonyl (C=O) groups excluding carboxylic acids is 2. The van der Waals surface area contributed by atoms with Gasteiger partial charge in [-0.25, -0.2) is 9.78 Å². The molecule has 3 amide bonds. The molecule has 0 saturated heterocycles. The summed E-state index contributed by atoms with van der Waals surface area (Å²) in [4.78, 5) is 41.6. The number of hydrogen-bond acceptors (Lipinski definition) is 6. The topological polar surface area (TPSA) is 102 Å². The second-order valence-corrected chi connectivity index (χ2v) is 7.42. The molecule has 0 bridgehead atoms. The normalized spacial score (nSPS) is 10.7. The number of amides is 3. The van der Waals surface area contributed by atoms with Crippen LogP contribution >= 0.6 is 11.8 Å². The summed E-state index contributed by atoms with van der Waals surface area (Å²) in [5.41, 5.74) is 2.05. The van der Waals surface area contributed by atoms with Crippen molar-refractivity contribution in [2.45, 2.75) is 12.1 Å². The number of hydrogen-bond donors (Lipinski definition) is 2. The highest BCUT2D eigenvalue weighted by molar-refractivity contribution is 7.99. The zero-order valence-electron chi connectivity index (χ0n) is 16.7. The number of fused-ring (bicyclic) bond motifs is 1. The second kappa shape index (κ2) is 10.0. The highest BCUT2D eigenvalue weighted by Gasteiger charge is 2.15. The van der Waals surface area contributed by atoms with E-state index in [1.165, 1.54) is 11.7 Å². The maximum atomic E-state index is 13.1. The third-order valence-corrected chi connectivity index (χ3v) is 5.15. The number of carbonyl (C=O) groups is 2. The lowest BCUT2D eigenvalue weighted by atomic mass is 10.2. The van der Waals surface area contributed by atoms with Gasteiger partial charge in [0.1, 0.15) is 0 Å².